The average Bonchev–Trinajstić information content (AvgIpc) is 2.29. The van der Waals surface area contributed by atoms with Gasteiger partial charge in [0.05, 0.1) is 6.61 Å². The molecule has 0 saturated carbocycles. The van der Waals surface area contributed by atoms with Crippen LogP contribution in [0.15, 0.2) is 18.3 Å². The van der Waals surface area contributed by atoms with Crippen LogP contribution in [-0.4, -0.2) is 41.7 Å². The van der Waals surface area contributed by atoms with Crippen molar-refractivity contribution in [3.8, 4) is 11.8 Å². The monoisotopic (exact) mass is 233 g/mol. The van der Waals surface area contributed by atoms with E-state index in [0.29, 0.717) is 12.1 Å². The van der Waals surface area contributed by atoms with Crippen molar-refractivity contribution in [1.29, 1.82) is 0 Å². The third-order valence-electron chi connectivity index (χ3n) is 1.79. The van der Waals surface area contributed by atoms with Crippen LogP contribution < -0.4 is 5.43 Å². The first-order valence-electron chi connectivity index (χ1n) is 5.17. The summed E-state index contributed by atoms with van der Waals surface area (Å²) < 4.78 is 0. The molecule has 0 bridgehead atoms. The van der Waals surface area contributed by atoms with Gasteiger partial charge in [-0.2, -0.15) is 0 Å². The number of aliphatic hydroxyl groups is 1. The molecular formula is C12H15N3O2. The summed E-state index contributed by atoms with van der Waals surface area (Å²) >= 11 is 0. The molecule has 1 amide bonds. The molecule has 5 heteroatoms. The molecule has 0 spiro atoms. The quantitative estimate of drug-likeness (QED) is 0.570. The molecule has 0 unspecified atom stereocenters. The van der Waals surface area contributed by atoms with Crippen LogP contribution in [0.1, 0.15) is 22.5 Å². The van der Waals surface area contributed by atoms with Gasteiger partial charge in [-0.1, -0.05) is 11.8 Å². The Labute approximate surface area is 100 Å². The summed E-state index contributed by atoms with van der Waals surface area (Å²) in [5, 5.41) is 10.1. The predicted octanol–water partition coefficient (Wildman–Crippen LogP) is 0.0219. The summed E-state index contributed by atoms with van der Waals surface area (Å²) in [5.74, 6) is 5.36. The van der Waals surface area contributed by atoms with Crippen molar-refractivity contribution in [2.45, 2.75) is 6.42 Å². The molecule has 1 rings (SSSR count). The molecule has 1 heterocycles. The first kappa shape index (κ1) is 13.2. The molecule has 0 aliphatic carbocycles. The molecule has 1 aromatic heterocycles. The largest absolute Gasteiger partial charge is 0.395 e. The fraction of sp³-hybridized carbons (Fsp3) is 0.333. The second-order valence-electron chi connectivity index (χ2n) is 3.54. The molecule has 0 aliphatic rings. The number of amides is 1. The number of pyridine rings is 1. The zero-order chi connectivity index (χ0) is 12.7. The highest BCUT2D eigenvalue weighted by Gasteiger charge is 2.06. The molecule has 90 valence electrons. The molecule has 2 N–H and O–H groups in total. The summed E-state index contributed by atoms with van der Waals surface area (Å²) in [6.07, 6.45) is 1.97. The van der Waals surface area contributed by atoms with Crippen LogP contribution >= 0.6 is 0 Å². The Balaban J connectivity index is 2.68. The minimum atomic E-state index is -0.259. The van der Waals surface area contributed by atoms with Crippen molar-refractivity contribution >= 4 is 5.91 Å². The Morgan fingerprint density at radius 2 is 2.29 bits per heavy atom. The SMILES string of the molecule is CN(C)NC(=O)c1ccc(C#CCCO)cn1. The van der Waals surface area contributed by atoms with Gasteiger partial charge in [0.2, 0.25) is 0 Å². The van der Waals surface area contributed by atoms with Crippen molar-refractivity contribution in [2.75, 3.05) is 20.7 Å². The highest BCUT2D eigenvalue weighted by atomic mass is 16.2. The Bertz CT molecular complexity index is 429. The third kappa shape index (κ3) is 4.64. The van der Waals surface area contributed by atoms with E-state index in [4.69, 9.17) is 5.11 Å². The van der Waals surface area contributed by atoms with Crippen LogP contribution in [0, 0.1) is 11.8 Å². The van der Waals surface area contributed by atoms with Crippen LogP contribution in [0.2, 0.25) is 0 Å². The molecule has 0 aliphatic heterocycles. The fourth-order valence-electron chi connectivity index (χ4n) is 1.08. The zero-order valence-corrected chi connectivity index (χ0v) is 9.90. The summed E-state index contributed by atoms with van der Waals surface area (Å²) in [4.78, 5) is 15.5. The van der Waals surface area contributed by atoms with Crippen LogP contribution in [0.3, 0.4) is 0 Å². The Morgan fingerprint density at radius 3 is 2.82 bits per heavy atom. The van der Waals surface area contributed by atoms with E-state index in [9.17, 15) is 4.79 Å². The maximum absolute atomic E-state index is 11.5. The summed E-state index contributed by atoms with van der Waals surface area (Å²) in [6.45, 7) is 0.0454. The lowest BCUT2D eigenvalue weighted by Crippen LogP contribution is -2.36. The van der Waals surface area contributed by atoms with E-state index < -0.39 is 0 Å². The van der Waals surface area contributed by atoms with Crippen LogP contribution in [0.4, 0.5) is 0 Å². The molecule has 5 nitrogen and oxygen atoms in total. The summed E-state index contributed by atoms with van der Waals surface area (Å²) in [5.41, 5.74) is 3.65. The van der Waals surface area contributed by atoms with Gasteiger partial charge in [-0.15, -0.1) is 0 Å². The number of carbonyl (C=O) groups excluding carboxylic acids is 1. The molecule has 0 atom stereocenters. The second-order valence-corrected chi connectivity index (χ2v) is 3.54. The van der Waals surface area contributed by atoms with Crippen molar-refractivity contribution < 1.29 is 9.90 Å². The van der Waals surface area contributed by atoms with Gasteiger partial charge < -0.3 is 5.11 Å². The van der Waals surface area contributed by atoms with Crippen LogP contribution in [0.5, 0.6) is 0 Å². The van der Waals surface area contributed by atoms with E-state index in [2.05, 4.69) is 22.3 Å². The number of hydrogen-bond donors (Lipinski definition) is 2. The molecule has 1 aromatic rings. The number of carbonyl (C=O) groups is 1. The van der Waals surface area contributed by atoms with Gasteiger partial charge in [-0.25, -0.2) is 9.99 Å². The molecule has 17 heavy (non-hydrogen) atoms. The Hall–Kier alpha value is -1.90. The van der Waals surface area contributed by atoms with Crippen LogP contribution in [-0.2, 0) is 0 Å². The van der Waals surface area contributed by atoms with E-state index in [1.165, 1.54) is 6.20 Å². The van der Waals surface area contributed by atoms with Gasteiger partial charge in [0.15, 0.2) is 0 Å². The second kappa shape index (κ2) is 6.63. The lowest BCUT2D eigenvalue weighted by molar-refractivity contribution is 0.0851. The van der Waals surface area contributed by atoms with Gasteiger partial charge in [0.1, 0.15) is 5.69 Å². The van der Waals surface area contributed by atoms with Gasteiger partial charge in [-0.3, -0.25) is 10.2 Å². The molecule has 0 fully saturated rings. The molecule has 0 saturated heterocycles. The minimum absolute atomic E-state index is 0.0454. The van der Waals surface area contributed by atoms with Gasteiger partial charge >= 0.3 is 0 Å². The summed E-state index contributed by atoms with van der Waals surface area (Å²) in [6, 6.07) is 3.34. The van der Waals surface area contributed by atoms with Crippen molar-refractivity contribution in [1.82, 2.24) is 15.4 Å². The van der Waals surface area contributed by atoms with Crippen molar-refractivity contribution in [3.05, 3.63) is 29.6 Å². The highest BCUT2D eigenvalue weighted by molar-refractivity contribution is 5.91. The molecule has 0 aromatic carbocycles. The Kier molecular flexibility index (Phi) is 5.14. The molecular weight excluding hydrogens is 218 g/mol. The molecule has 0 radical (unpaired) electrons. The van der Waals surface area contributed by atoms with E-state index in [0.717, 1.165) is 5.56 Å². The van der Waals surface area contributed by atoms with Gasteiger partial charge in [0.25, 0.3) is 5.91 Å². The first-order chi connectivity index (χ1) is 8.13. The number of nitrogens with zero attached hydrogens (tertiary/aromatic N) is 2. The lowest BCUT2D eigenvalue weighted by Gasteiger charge is -2.10. The van der Waals surface area contributed by atoms with Gasteiger partial charge in [0, 0.05) is 32.3 Å². The zero-order valence-electron chi connectivity index (χ0n) is 9.90. The standard InChI is InChI=1S/C12H15N3O2/c1-15(2)14-12(17)11-7-6-10(9-13-11)5-3-4-8-16/h6-7,9,16H,4,8H2,1-2H3,(H,14,17). The van der Waals surface area contributed by atoms with Crippen LogP contribution in [0.25, 0.3) is 0 Å². The number of aliphatic hydroxyl groups excluding tert-OH is 1. The predicted molar refractivity (Wildman–Crippen MR) is 64.0 cm³/mol. The summed E-state index contributed by atoms with van der Waals surface area (Å²) in [7, 11) is 3.46. The van der Waals surface area contributed by atoms with Crippen molar-refractivity contribution in [2.24, 2.45) is 0 Å². The van der Waals surface area contributed by atoms with Crippen molar-refractivity contribution in [3.63, 3.8) is 0 Å². The average molecular weight is 233 g/mol. The minimum Gasteiger partial charge on any atom is -0.395 e. The van der Waals surface area contributed by atoms with E-state index in [-0.39, 0.29) is 12.5 Å². The first-order valence-corrected chi connectivity index (χ1v) is 5.17. The van der Waals surface area contributed by atoms with E-state index in [1.54, 1.807) is 31.2 Å². The number of hydrogen-bond acceptors (Lipinski definition) is 4. The normalized spacial score (nSPS) is 9.65. The number of hydrazine groups is 1. The third-order valence-corrected chi connectivity index (χ3v) is 1.79. The maximum atomic E-state index is 11.5. The highest BCUT2D eigenvalue weighted by Crippen LogP contribution is 1.99. The fourth-order valence-corrected chi connectivity index (χ4v) is 1.08. The van der Waals surface area contributed by atoms with E-state index >= 15 is 0 Å². The number of rotatable bonds is 3. The Morgan fingerprint density at radius 1 is 1.53 bits per heavy atom. The topological polar surface area (TPSA) is 65.5 Å². The van der Waals surface area contributed by atoms with Gasteiger partial charge in [-0.05, 0) is 12.1 Å². The maximum Gasteiger partial charge on any atom is 0.284 e. The smallest absolute Gasteiger partial charge is 0.284 e. The van der Waals surface area contributed by atoms with E-state index in [1.807, 2.05) is 0 Å². The number of nitrogens with one attached hydrogen (secondary N) is 1. The number of aromatic nitrogens is 1. The lowest BCUT2D eigenvalue weighted by atomic mass is 10.2.